The third-order valence-electron chi connectivity index (χ3n) is 5.26. The van der Waals surface area contributed by atoms with E-state index in [4.69, 9.17) is 9.47 Å². The Morgan fingerprint density at radius 2 is 1.78 bits per heavy atom. The van der Waals surface area contributed by atoms with Crippen LogP contribution in [0.3, 0.4) is 0 Å². The number of hydrogen-bond donors (Lipinski definition) is 1. The second-order valence-electron chi connectivity index (χ2n) is 6.46. The molecule has 0 aromatic heterocycles. The normalized spacial score (nSPS) is 25.9. The number of ether oxygens (including phenoxy) is 2. The van der Waals surface area contributed by atoms with Gasteiger partial charge in [-0.3, -0.25) is 9.59 Å². The fourth-order valence-corrected chi connectivity index (χ4v) is 4.18. The average Bonchev–Trinajstić information content (AvgIpc) is 2.86. The van der Waals surface area contributed by atoms with Crippen molar-refractivity contribution in [3.05, 3.63) is 29.8 Å². The van der Waals surface area contributed by atoms with Gasteiger partial charge in [-0.1, -0.05) is 31.4 Å². The lowest BCUT2D eigenvalue weighted by Crippen LogP contribution is -2.46. The Balaban J connectivity index is 2.03. The molecule has 23 heavy (non-hydrogen) atoms. The van der Waals surface area contributed by atoms with E-state index in [1.807, 2.05) is 24.3 Å². The van der Waals surface area contributed by atoms with Gasteiger partial charge in [0.15, 0.2) is 0 Å². The summed E-state index contributed by atoms with van der Waals surface area (Å²) in [6.07, 6.45) is 5.13. The van der Waals surface area contributed by atoms with Crippen LogP contribution in [0.2, 0.25) is 0 Å². The highest BCUT2D eigenvalue weighted by Gasteiger charge is 2.56. The molecule has 1 unspecified atom stereocenters. The molecule has 2 aliphatic rings. The molecule has 3 rings (SSSR count). The number of rotatable bonds is 3. The van der Waals surface area contributed by atoms with Crippen molar-refractivity contribution >= 4 is 11.9 Å². The first kappa shape index (κ1) is 15.8. The molecule has 1 aromatic rings. The second kappa shape index (κ2) is 6.22. The fourth-order valence-electron chi connectivity index (χ4n) is 4.18. The van der Waals surface area contributed by atoms with Crippen LogP contribution in [0.25, 0.3) is 0 Å². The topological polar surface area (TPSA) is 64.6 Å². The SMILES string of the molecule is COC(=O)[C@@H]1C(=O)NC2(CCCCC2)C1c1ccc(OC)cc1. The smallest absolute Gasteiger partial charge is 0.318 e. The summed E-state index contributed by atoms with van der Waals surface area (Å²) in [7, 11) is 2.96. The Hall–Kier alpha value is -2.04. The number of nitrogens with one attached hydrogen (secondary N) is 1. The molecule has 1 aliphatic heterocycles. The van der Waals surface area contributed by atoms with Crippen LogP contribution in [-0.4, -0.2) is 31.6 Å². The molecule has 1 amide bonds. The maximum atomic E-state index is 12.5. The Bertz CT molecular complexity index is 590. The monoisotopic (exact) mass is 317 g/mol. The number of carbonyl (C=O) groups excluding carboxylic acids is 2. The van der Waals surface area contributed by atoms with E-state index >= 15 is 0 Å². The van der Waals surface area contributed by atoms with Crippen molar-refractivity contribution in [2.24, 2.45) is 5.92 Å². The molecule has 1 saturated heterocycles. The van der Waals surface area contributed by atoms with E-state index in [1.165, 1.54) is 13.5 Å². The van der Waals surface area contributed by atoms with Crippen LogP contribution in [0.15, 0.2) is 24.3 Å². The van der Waals surface area contributed by atoms with E-state index in [0.29, 0.717) is 0 Å². The van der Waals surface area contributed by atoms with Crippen molar-refractivity contribution in [1.29, 1.82) is 0 Å². The first-order valence-electron chi connectivity index (χ1n) is 8.15. The van der Waals surface area contributed by atoms with Crippen molar-refractivity contribution < 1.29 is 19.1 Å². The zero-order valence-corrected chi connectivity index (χ0v) is 13.6. The maximum Gasteiger partial charge on any atom is 0.318 e. The molecule has 1 aliphatic carbocycles. The van der Waals surface area contributed by atoms with E-state index in [9.17, 15) is 9.59 Å². The number of hydrogen-bond acceptors (Lipinski definition) is 4. The van der Waals surface area contributed by atoms with Crippen molar-refractivity contribution in [1.82, 2.24) is 5.32 Å². The molecule has 5 heteroatoms. The fraction of sp³-hybridized carbons (Fsp3) is 0.556. The van der Waals surface area contributed by atoms with Gasteiger partial charge in [-0.2, -0.15) is 0 Å². The molecule has 0 radical (unpaired) electrons. The lowest BCUT2D eigenvalue weighted by molar-refractivity contribution is -0.149. The van der Waals surface area contributed by atoms with Crippen LogP contribution in [-0.2, 0) is 14.3 Å². The summed E-state index contributed by atoms with van der Waals surface area (Å²) in [5.41, 5.74) is 0.657. The number of amides is 1. The highest BCUT2D eigenvalue weighted by Crippen LogP contribution is 2.48. The lowest BCUT2D eigenvalue weighted by Gasteiger charge is -2.39. The summed E-state index contributed by atoms with van der Waals surface area (Å²) in [6, 6.07) is 7.66. The van der Waals surface area contributed by atoms with Gasteiger partial charge in [0.1, 0.15) is 11.7 Å². The predicted octanol–water partition coefficient (Wildman–Crippen LogP) is 2.40. The summed E-state index contributed by atoms with van der Waals surface area (Å²) < 4.78 is 10.1. The minimum absolute atomic E-state index is 0.186. The molecular weight excluding hydrogens is 294 g/mol. The van der Waals surface area contributed by atoms with E-state index in [0.717, 1.165) is 37.0 Å². The first-order chi connectivity index (χ1) is 11.1. The largest absolute Gasteiger partial charge is 0.497 e. The minimum atomic E-state index is -0.772. The summed E-state index contributed by atoms with van der Waals surface area (Å²) in [6.45, 7) is 0. The van der Waals surface area contributed by atoms with Gasteiger partial charge >= 0.3 is 5.97 Å². The molecule has 2 atom stereocenters. The second-order valence-corrected chi connectivity index (χ2v) is 6.46. The summed E-state index contributed by atoms with van der Waals surface area (Å²) >= 11 is 0. The van der Waals surface area contributed by atoms with Gasteiger partial charge in [0.2, 0.25) is 5.91 Å². The van der Waals surface area contributed by atoms with Gasteiger partial charge in [-0.05, 0) is 30.5 Å². The number of methoxy groups -OCH3 is 2. The molecule has 1 spiro atoms. The van der Waals surface area contributed by atoms with Gasteiger partial charge < -0.3 is 14.8 Å². The maximum absolute atomic E-state index is 12.5. The Morgan fingerprint density at radius 3 is 2.35 bits per heavy atom. The number of benzene rings is 1. The molecule has 1 saturated carbocycles. The molecule has 124 valence electrons. The Labute approximate surface area is 136 Å². The highest BCUT2D eigenvalue weighted by atomic mass is 16.5. The Kier molecular flexibility index (Phi) is 4.28. The standard InChI is InChI=1S/C18H23NO4/c1-22-13-8-6-12(7-9-13)15-14(17(21)23-2)16(20)19-18(15)10-4-3-5-11-18/h6-9,14-15H,3-5,10-11H2,1-2H3,(H,19,20)/t14-,15?/m0/s1. The van der Waals surface area contributed by atoms with Crippen LogP contribution >= 0.6 is 0 Å². The van der Waals surface area contributed by atoms with Gasteiger partial charge in [0.25, 0.3) is 0 Å². The van der Waals surface area contributed by atoms with Gasteiger partial charge in [0.05, 0.1) is 14.2 Å². The summed E-state index contributed by atoms with van der Waals surface area (Å²) in [5.74, 6) is -0.858. The van der Waals surface area contributed by atoms with Gasteiger partial charge in [-0.25, -0.2) is 0 Å². The van der Waals surface area contributed by atoms with Crippen LogP contribution in [0.1, 0.15) is 43.6 Å². The zero-order chi connectivity index (χ0) is 16.4. The molecule has 1 heterocycles. The van der Waals surface area contributed by atoms with Crippen LogP contribution in [0.5, 0.6) is 5.75 Å². The quantitative estimate of drug-likeness (QED) is 0.687. The first-order valence-corrected chi connectivity index (χ1v) is 8.15. The van der Waals surface area contributed by atoms with Crippen LogP contribution in [0.4, 0.5) is 0 Å². The van der Waals surface area contributed by atoms with E-state index in [2.05, 4.69) is 5.32 Å². The summed E-state index contributed by atoms with van der Waals surface area (Å²) in [5, 5.41) is 3.14. The van der Waals surface area contributed by atoms with Crippen LogP contribution in [0, 0.1) is 5.92 Å². The number of carbonyl (C=O) groups is 2. The molecule has 0 bridgehead atoms. The van der Waals surface area contributed by atoms with Gasteiger partial charge in [0, 0.05) is 11.5 Å². The molecule has 5 nitrogen and oxygen atoms in total. The summed E-state index contributed by atoms with van der Waals surface area (Å²) in [4.78, 5) is 24.8. The lowest BCUT2D eigenvalue weighted by atomic mass is 9.68. The predicted molar refractivity (Wildman–Crippen MR) is 85.2 cm³/mol. The van der Waals surface area contributed by atoms with Crippen molar-refractivity contribution in [3.63, 3.8) is 0 Å². The minimum Gasteiger partial charge on any atom is -0.497 e. The van der Waals surface area contributed by atoms with E-state index in [-0.39, 0.29) is 17.4 Å². The third-order valence-corrected chi connectivity index (χ3v) is 5.26. The van der Waals surface area contributed by atoms with Gasteiger partial charge in [-0.15, -0.1) is 0 Å². The van der Waals surface area contributed by atoms with Crippen molar-refractivity contribution in [2.45, 2.75) is 43.6 Å². The van der Waals surface area contributed by atoms with E-state index < -0.39 is 11.9 Å². The molecule has 2 fully saturated rings. The van der Waals surface area contributed by atoms with Crippen molar-refractivity contribution in [2.75, 3.05) is 14.2 Å². The van der Waals surface area contributed by atoms with Crippen molar-refractivity contribution in [3.8, 4) is 5.75 Å². The van der Waals surface area contributed by atoms with Crippen LogP contribution < -0.4 is 10.1 Å². The highest BCUT2D eigenvalue weighted by molar-refractivity contribution is 6.01. The average molecular weight is 317 g/mol. The molecular formula is C18H23NO4. The number of esters is 1. The third kappa shape index (κ3) is 2.69. The van der Waals surface area contributed by atoms with E-state index in [1.54, 1.807) is 7.11 Å². The molecule has 1 N–H and O–H groups in total. The molecule has 1 aromatic carbocycles. The Morgan fingerprint density at radius 1 is 1.13 bits per heavy atom. The zero-order valence-electron chi connectivity index (χ0n) is 13.6.